The van der Waals surface area contributed by atoms with Gasteiger partial charge >= 0.3 is 5.76 Å². The van der Waals surface area contributed by atoms with Crippen LogP contribution in [0.1, 0.15) is 12.7 Å². The van der Waals surface area contributed by atoms with Gasteiger partial charge in [-0.1, -0.05) is 6.58 Å². The Labute approximate surface area is 63.4 Å². The van der Waals surface area contributed by atoms with Crippen LogP contribution in [0, 0.1) is 0 Å². The Hall–Kier alpha value is -1.45. The molecular formula is C7H9NO3. The molecule has 0 aliphatic rings. The van der Waals surface area contributed by atoms with E-state index in [1.165, 1.54) is 7.05 Å². The van der Waals surface area contributed by atoms with Crippen molar-refractivity contribution in [2.24, 2.45) is 7.05 Å². The fourth-order valence-electron chi connectivity index (χ4n) is 0.718. The minimum Gasteiger partial charge on any atom is -0.492 e. The first-order valence-corrected chi connectivity index (χ1v) is 3.08. The zero-order chi connectivity index (χ0) is 8.59. The molecular weight excluding hydrogens is 146 g/mol. The molecule has 0 atom stereocenters. The summed E-state index contributed by atoms with van der Waals surface area (Å²) in [5.74, 6) is -0.611. The molecule has 1 heterocycles. The van der Waals surface area contributed by atoms with Crippen molar-refractivity contribution in [3.8, 4) is 5.88 Å². The van der Waals surface area contributed by atoms with Gasteiger partial charge in [-0.15, -0.1) is 0 Å². The highest BCUT2D eigenvalue weighted by Gasteiger charge is 2.12. The van der Waals surface area contributed by atoms with Crippen LogP contribution in [0.15, 0.2) is 15.8 Å². The van der Waals surface area contributed by atoms with Gasteiger partial charge in [0, 0.05) is 7.05 Å². The van der Waals surface area contributed by atoms with Crippen molar-refractivity contribution in [2.45, 2.75) is 6.92 Å². The minimum atomic E-state index is -0.583. The zero-order valence-electron chi connectivity index (χ0n) is 6.42. The number of allylic oxidation sites excluding steroid dienone is 1. The van der Waals surface area contributed by atoms with Gasteiger partial charge < -0.3 is 9.52 Å². The summed E-state index contributed by atoms with van der Waals surface area (Å²) >= 11 is 0. The summed E-state index contributed by atoms with van der Waals surface area (Å²) in [6.45, 7) is 5.19. The molecule has 1 aromatic heterocycles. The lowest BCUT2D eigenvalue weighted by molar-refractivity contribution is 0.427. The molecule has 4 nitrogen and oxygen atoms in total. The van der Waals surface area contributed by atoms with E-state index in [4.69, 9.17) is 0 Å². The Balaban J connectivity index is 3.42. The zero-order valence-corrected chi connectivity index (χ0v) is 6.42. The quantitative estimate of drug-likeness (QED) is 0.650. The first-order valence-electron chi connectivity index (χ1n) is 3.08. The molecule has 0 aliphatic carbocycles. The summed E-state index contributed by atoms with van der Waals surface area (Å²) in [7, 11) is 1.42. The Kier molecular flexibility index (Phi) is 1.60. The van der Waals surface area contributed by atoms with Crippen molar-refractivity contribution in [3.05, 3.63) is 22.9 Å². The SMILES string of the molecule is C=C(C)c1oc(=O)n(C)c1O. The van der Waals surface area contributed by atoms with Gasteiger partial charge in [0.2, 0.25) is 5.88 Å². The Morgan fingerprint density at radius 1 is 1.73 bits per heavy atom. The third-order valence-electron chi connectivity index (χ3n) is 1.37. The van der Waals surface area contributed by atoms with Gasteiger partial charge in [-0.05, 0) is 12.5 Å². The van der Waals surface area contributed by atoms with Crippen LogP contribution in [-0.4, -0.2) is 9.67 Å². The maximum Gasteiger partial charge on any atom is 0.422 e. The van der Waals surface area contributed by atoms with Gasteiger partial charge in [-0.2, -0.15) is 0 Å². The van der Waals surface area contributed by atoms with Crippen LogP contribution in [0.5, 0.6) is 5.88 Å². The monoisotopic (exact) mass is 155 g/mol. The van der Waals surface area contributed by atoms with E-state index in [1.807, 2.05) is 0 Å². The van der Waals surface area contributed by atoms with Gasteiger partial charge in [0.25, 0.3) is 0 Å². The molecule has 60 valence electrons. The van der Waals surface area contributed by atoms with Crippen LogP contribution in [-0.2, 0) is 7.05 Å². The molecule has 0 bridgehead atoms. The van der Waals surface area contributed by atoms with Crippen LogP contribution in [0.2, 0.25) is 0 Å². The standard InChI is InChI=1S/C7H9NO3/c1-4(2)5-6(9)8(3)7(10)11-5/h9H,1H2,2-3H3. The van der Waals surface area contributed by atoms with Gasteiger partial charge in [0.15, 0.2) is 5.76 Å². The van der Waals surface area contributed by atoms with E-state index >= 15 is 0 Å². The van der Waals surface area contributed by atoms with Gasteiger partial charge in [-0.3, -0.25) is 0 Å². The van der Waals surface area contributed by atoms with Crippen LogP contribution < -0.4 is 5.76 Å². The molecule has 11 heavy (non-hydrogen) atoms. The number of aromatic hydroxyl groups is 1. The molecule has 1 N–H and O–H groups in total. The van der Waals surface area contributed by atoms with Crippen molar-refractivity contribution in [3.63, 3.8) is 0 Å². The fourth-order valence-corrected chi connectivity index (χ4v) is 0.718. The normalized spacial score (nSPS) is 10.0. The summed E-state index contributed by atoms with van der Waals surface area (Å²) in [4.78, 5) is 10.8. The Morgan fingerprint density at radius 3 is 2.45 bits per heavy atom. The predicted molar refractivity (Wildman–Crippen MR) is 40.3 cm³/mol. The summed E-state index contributed by atoms with van der Waals surface area (Å²) < 4.78 is 5.68. The lowest BCUT2D eigenvalue weighted by atomic mass is 10.3. The van der Waals surface area contributed by atoms with Crippen molar-refractivity contribution in [2.75, 3.05) is 0 Å². The number of hydrogen-bond donors (Lipinski definition) is 1. The van der Waals surface area contributed by atoms with Gasteiger partial charge in [-0.25, -0.2) is 9.36 Å². The smallest absolute Gasteiger partial charge is 0.422 e. The first kappa shape index (κ1) is 7.65. The number of oxazole rings is 1. The van der Waals surface area contributed by atoms with Gasteiger partial charge in [0.1, 0.15) is 0 Å². The third-order valence-corrected chi connectivity index (χ3v) is 1.37. The highest BCUT2D eigenvalue weighted by molar-refractivity contribution is 5.59. The van der Waals surface area contributed by atoms with Crippen molar-refractivity contribution in [1.29, 1.82) is 0 Å². The van der Waals surface area contributed by atoms with Crippen LogP contribution in [0.25, 0.3) is 5.57 Å². The number of hydrogen-bond acceptors (Lipinski definition) is 3. The first-order chi connectivity index (χ1) is 5.04. The molecule has 0 radical (unpaired) electrons. The summed E-state index contributed by atoms with van der Waals surface area (Å²) in [6, 6.07) is 0. The molecule has 1 aromatic rings. The second kappa shape index (κ2) is 2.30. The van der Waals surface area contributed by atoms with E-state index < -0.39 is 5.76 Å². The van der Waals surface area contributed by atoms with Crippen molar-refractivity contribution >= 4 is 5.57 Å². The molecule has 0 saturated heterocycles. The van der Waals surface area contributed by atoms with Crippen LogP contribution in [0.3, 0.4) is 0 Å². The van der Waals surface area contributed by atoms with Gasteiger partial charge in [0.05, 0.1) is 0 Å². The highest BCUT2D eigenvalue weighted by atomic mass is 16.4. The largest absolute Gasteiger partial charge is 0.492 e. The number of aromatic nitrogens is 1. The number of nitrogens with zero attached hydrogens (tertiary/aromatic N) is 1. The summed E-state index contributed by atoms with van der Waals surface area (Å²) in [5.41, 5.74) is 0.528. The molecule has 0 saturated carbocycles. The Bertz CT molecular complexity index is 345. The van der Waals surface area contributed by atoms with E-state index in [-0.39, 0.29) is 11.6 Å². The lowest BCUT2D eigenvalue weighted by Gasteiger charge is -1.92. The Morgan fingerprint density at radius 2 is 2.27 bits per heavy atom. The van der Waals surface area contributed by atoms with Crippen LogP contribution in [0.4, 0.5) is 0 Å². The van der Waals surface area contributed by atoms with E-state index in [0.29, 0.717) is 5.57 Å². The minimum absolute atomic E-state index is 0.150. The van der Waals surface area contributed by atoms with Crippen molar-refractivity contribution in [1.82, 2.24) is 4.57 Å². The van der Waals surface area contributed by atoms with E-state index in [9.17, 15) is 9.90 Å². The lowest BCUT2D eigenvalue weighted by Crippen LogP contribution is -2.07. The third kappa shape index (κ3) is 1.07. The van der Waals surface area contributed by atoms with E-state index in [1.54, 1.807) is 6.92 Å². The van der Waals surface area contributed by atoms with Crippen molar-refractivity contribution < 1.29 is 9.52 Å². The maximum atomic E-state index is 10.8. The fraction of sp³-hybridized carbons (Fsp3) is 0.286. The molecule has 0 unspecified atom stereocenters. The van der Waals surface area contributed by atoms with Crippen LogP contribution >= 0.6 is 0 Å². The molecule has 0 amide bonds. The van der Waals surface area contributed by atoms with E-state index in [0.717, 1.165) is 4.57 Å². The maximum absolute atomic E-state index is 10.8. The average molecular weight is 155 g/mol. The molecule has 0 aromatic carbocycles. The van der Waals surface area contributed by atoms with E-state index in [2.05, 4.69) is 11.0 Å². The predicted octanol–water partition coefficient (Wildman–Crippen LogP) is 0.717. The summed E-state index contributed by atoms with van der Waals surface area (Å²) in [6.07, 6.45) is 0. The number of rotatable bonds is 1. The molecule has 0 aliphatic heterocycles. The average Bonchev–Trinajstić information content (AvgIpc) is 2.17. The second-order valence-corrected chi connectivity index (χ2v) is 2.36. The molecule has 0 spiro atoms. The summed E-state index contributed by atoms with van der Waals surface area (Å²) in [5, 5.41) is 9.20. The topological polar surface area (TPSA) is 55.4 Å². The molecule has 0 fully saturated rings. The molecule has 4 heteroatoms. The molecule has 1 rings (SSSR count). The second-order valence-electron chi connectivity index (χ2n) is 2.36. The highest BCUT2D eigenvalue weighted by Crippen LogP contribution is 2.20.